The van der Waals surface area contributed by atoms with Crippen molar-refractivity contribution >= 4 is 11.6 Å². The summed E-state index contributed by atoms with van der Waals surface area (Å²) in [6, 6.07) is 2.58. The molecule has 1 aromatic rings. The average Bonchev–Trinajstić information content (AvgIpc) is 2.76. The average molecular weight is 256 g/mol. The zero-order valence-corrected chi connectivity index (χ0v) is 11.5. The van der Waals surface area contributed by atoms with E-state index in [4.69, 9.17) is 11.6 Å². The Morgan fingerprint density at radius 1 is 1.59 bits per heavy atom. The number of hydrogen-bond acceptors (Lipinski definition) is 2. The van der Waals surface area contributed by atoms with Crippen LogP contribution in [0.5, 0.6) is 0 Å². The summed E-state index contributed by atoms with van der Waals surface area (Å²) in [5.41, 5.74) is 1.29. The number of nitrogens with zero attached hydrogens (tertiary/aromatic N) is 2. The van der Waals surface area contributed by atoms with Crippen LogP contribution in [-0.4, -0.2) is 21.2 Å². The van der Waals surface area contributed by atoms with Crippen molar-refractivity contribution in [2.75, 3.05) is 5.88 Å². The number of rotatable bonds is 6. The standard InChI is InChI=1S/C13H22ClN3/c1-3-11(2)17-8-5-12(16-17)9-15-13(10-14)6-4-7-13/h5,8,11,15H,3-4,6-7,9-10H2,1-2H3. The molecule has 1 unspecified atom stereocenters. The Morgan fingerprint density at radius 2 is 2.35 bits per heavy atom. The summed E-state index contributed by atoms with van der Waals surface area (Å²) in [5, 5.41) is 8.15. The highest BCUT2D eigenvalue weighted by molar-refractivity contribution is 6.18. The van der Waals surface area contributed by atoms with Gasteiger partial charge in [-0.1, -0.05) is 6.92 Å². The minimum atomic E-state index is 0.182. The van der Waals surface area contributed by atoms with Crippen molar-refractivity contribution in [3.8, 4) is 0 Å². The van der Waals surface area contributed by atoms with Gasteiger partial charge in [-0.25, -0.2) is 0 Å². The highest BCUT2D eigenvalue weighted by Gasteiger charge is 2.35. The number of alkyl halides is 1. The summed E-state index contributed by atoms with van der Waals surface area (Å²) in [6.45, 7) is 5.20. The van der Waals surface area contributed by atoms with Gasteiger partial charge in [-0.05, 0) is 38.7 Å². The van der Waals surface area contributed by atoms with Gasteiger partial charge in [-0.3, -0.25) is 4.68 Å². The minimum Gasteiger partial charge on any atom is -0.304 e. The summed E-state index contributed by atoms with van der Waals surface area (Å²) < 4.78 is 2.05. The Hall–Kier alpha value is -0.540. The van der Waals surface area contributed by atoms with Crippen LogP contribution < -0.4 is 5.32 Å². The second kappa shape index (κ2) is 5.40. The first-order chi connectivity index (χ1) is 8.19. The van der Waals surface area contributed by atoms with Crippen LogP contribution in [0.2, 0.25) is 0 Å². The quantitative estimate of drug-likeness (QED) is 0.792. The molecule has 1 saturated carbocycles. The minimum absolute atomic E-state index is 0.182. The van der Waals surface area contributed by atoms with E-state index in [1.165, 1.54) is 19.3 Å². The van der Waals surface area contributed by atoms with Crippen LogP contribution in [0.3, 0.4) is 0 Å². The third-order valence-electron chi connectivity index (χ3n) is 3.92. The molecule has 1 aromatic heterocycles. The van der Waals surface area contributed by atoms with Crippen molar-refractivity contribution < 1.29 is 0 Å². The van der Waals surface area contributed by atoms with Gasteiger partial charge in [-0.15, -0.1) is 11.6 Å². The van der Waals surface area contributed by atoms with Crippen molar-refractivity contribution in [3.63, 3.8) is 0 Å². The Morgan fingerprint density at radius 3 is 2.88 bits per heavy atom. The third kappa shape index (κ3) is 2.83. The van der Waals surface area contributed by atoms with Gasteiger partial charge in [0.25, 0.3) is 0 Å². The van der Waals surface area contributed by atoms with E-state index in [9.17, 15) is 0 Å². The Balaban J connectivity index is 1.89. The number of halogens is 1. The number of nitrogens with one attached hydrogen (secondary N) is 1. The van der Waals surface area contributed by atoms with E-state index >= 15 is 0 Å². The molecule has 1 atom stereocenters. The first-order valence-electron chi connectivity index (χ1n) is 6.54. The maximum atomic E-state index is 6.02. The molecule has 0 aliphatic heterocycles. The fraction of sp³-hybridized carbons (Fsp3) is 0.769. The van der Waals surface area contributed by atoms with E-state index in [0.717, 1.165) is 18.7 Å². The molecular weight excluding hydrogens is 234 g/mol. The lowest BCUT2D eigenvalue weighted by molar-refractivity contribution is 0.210. The van der Waals surface area contributed by atoms with Crippen LogP contribution >= 0.6 is 11.6 Å². The van der Waals surface area contributed by atoms with E-state index in [1.807, 2.05) is 4.68 Å². The molecule has 0 amide bonds. The first-order valence-corrected chi connectivity index (χ1v) is 7.07. The predicted molar refractivity (Wildman–Crippen MR) is 71.4 cm³/mol. The van der Waals surface area contributed by atoms with Crippen LogP contribution in [0.1, 0.15) is 51.3 Å². The topological polar surface area (TPSA) is 29.9 Å². The molecule has 1 fully saturated rings. The molecule has 0 bridgehead atoms. The smallest absolute Gasteiger partial charge is 0.0762 e. The van der Waals surface area contributed by atoms with E-state index in [-0.39, 0.29) is 5.54 Å². The Kier molecular flexibility index (Phi) is 4.10. The molecule has 1 heterocycles. The predicted octanol–water partition coefficient (Wildman–Crippen LogP) is 3.11. The molecule has 4 heteroatoms. The fourth-order valence-electron chi connectivity index (χ4n) is 2.14. The second-order valence-electron chi connectivity index (χ2n) is 5.17. The van der Waals surface area contributed by atoms with E-state index < -0.39 is 0 Å². The fourth-order valence-corrected chi connectivity index (χ4v) is 2.51. The molecule has 0 saturated heterocycles. The second-order valence-corrected chi connectivity index (χ2v) is 5.43. The van der Waals surface area contributed by atoms with Crippen molar-refractivity contribution in [2.45, 2.75) is 57.7 Å². The lowest BCUT2D eigenvalue weighted by atomic mass is 9.78. The van der Waals surface area contributed by atoms with Crippen molar-refractivity contribution in [1.82, 2.24) is 15.1 Å². The van der Waals surface area contributed by atoms with E-state index in [2.05, 4.69) is 36.5 Å². The molecule has 0 radical (unpaired) electrons. The lowest BCUT2D eigenvalue weighted by Crippen LogP contribution is -2.52. The molecule has 2 rings (SSSR count). The summed E-state index contributed by atoms with van der Waals surface area (Å²) in [7, 11) is 0. The van der Waals surface area contributed by atoms with Crippen LogP contribution in [0.4, 0.5) is 0 Å². The summed E-state index contributed by atoms with van der Waals surface area (Å²) in [6.07, 6.45) is 6.87. The van der Waals surface area contributed by atoms with Gasteiger partial charge in [0.05, 0.1) is 5.69 Å². The van der Waals surface area contributed by atoms with Gasteiger partial charge >= 0.3 is 0 Å². The van der Waals surface area contributed by atoms with E-state index in [1.54, 1.807) is 0 Å². The highest BCUT2D eigenvalue weighted by Crippen LogP contribution is 2.33. The van der Waals surface area contributed by atoms with Crippen LogP contribution in [0.15, 0.2) is 12.3 Å². The van der Waals surface area contributed by atoms with Gasteiger partial charge < -0.3 is 5.32 Å². The van der Waals surface area contributed by atoms with Crippen LogP contribution in [0, 0.1) is 0 Å². The molecule has 1 aliphatic carbocycles. The molecule has 0 aromatic carbocycles. The van der Waals surface area contributed by atoms with Gasteiger partial charge in [0.15, 0.2) is 0 Å². The normalized spacial score (nSPS) is 19.9. The van der Waals surface area contributed by atoms with Gasteiger partial charge in [-0.2, -0.15) is 5.10 Å². The summed E-state index contributed by atoms with van der Waals surface area (Å²) >= 11 is 6.02. The van der Waals surface area contributed by atoms with Crippen molar-refractivity contribution in [3.05, 3.63) is 18.0 Å². The maximum Gasteiger partial charge on any atom is 0.0762 e. The Bertz CT molecular complexity index is 352. The Labute approximate surface area is 109 Å². The lowest BCUT2D eigenvalue weighted by Gasteiger charge is -2.41. The zero-order valence-electron chi connectivity index (χ0n) is 10.7. The van der Waals surface area contributed by atoms with Crippen LogP contribution in [-0.2, 0) is 6.54 Å². The van der Waals surface area contributed by atoms with E-state index in [0.29, 0.717) is 11.9 Å². The molecule has 1 N–H and O–H groups in total. The molecule has 0 spiro atoms. The number of aromatic nitrogens is 2. The van der Waals surface area contributed by atoms with Crippen LogP contribution in [0.25, 0.3) is 0 Å². The monoisotopic (exact) mass is 255 g/mol. The maximum absolute atomic E-state index is 6.02. The first kappa shape index (κ1) is 12.9. The molecule has 96 valence electrons. The zero-order chi connectivity index (χ0) is 12.3. The largest absolute Gasteiger partial charge is 0.304 e. The molecular formula is C13H22ClN3. The van der Waals surface area contributed by atoms with Gasteiger partial charge in [0.1, 0.15) is 0 Å². The number of hydrogen-bond donors (Lipinski definition) is 1. The highest BCUT2D eigenvalue weighted by atomic mass is 35.5. The van der Waals surface area contributed by atoms with Crippen molar-refractivity contribution in [1.29, 1.82) is 0 Å². The third-order valence-corrected chi connectivity index (χ3v) is 4.43. The molecule has 17 heavy (non-hydrogen) atoms. The molecule has 3 nitrogen and oxygen atoms in total. The van der Waals surface area contributed by atoms with Gasteiger partial charge in [0, 0.05) is 30.2 Å². The summed E-state index contributed by atoms with van der Waals surface area (Å²) in [4.78, 5) is 0. The van der Waals surface area contributed by atoms with Crippen molar-refractivity contribution in [2.24, 2.45) is 0 Å². The summed E-state index contributed by atoms with van der Waals surface area (Å²) in [5.74, 6) is 0.707. The SMILES string of the molecule is CCC(C)n1ccc(CNC2(CCl)CCC2)n1. The molecule has 1 aliphatic rings. The van der Waals surface area contributed by atoms with Gasteiger partial charge in [0.2, 0.25) is 0 Å².